The van der Waals surface area contributed by atoms with Gasteiger partial charge in [-0.05, 0) is 24.5 Å². The van der Waals surface area contributed by atoms with Crippen LogP contribution >= 0.6 is 15.9 Å². The van der Waals surface area contributed by atoms with Crippen LogP contribution < -0.4 is 10.1 Å². The van der Waals surface area contributed by atoms with E-state index in [9.17, 15) is 9.18 Å². The maximum atomic E-state index is 13.7. The molecule has 1 rings (SSSR count). The van der Waals surface area contributed by atoms with Crippen molar-refractivity contribution in [3.63, 3.8) is 0 Å². The minimum absolute atomic E-state index is 0.0325. The van der Waals surface area contributed by atoms with Crippen molar-refractivity contribution in [2.75, 3.05) is 13.7 Å². The van der Waals surface area contributed by atoms with Gasteiger partial charge in [0.25, 0.3) is 5.91 Å². The molecule has 1 amide bonds. The molecule has 1 aromatic carbocycles. The Kier molecular flexibility index (Phi) is 6.28. The summed E-state index contributed by atoms with van der Waals surface area (Å²) in [4.78, 5) is 12.0. The summed E-state index contributed by atoms with van der Waals surface area (Å²) in [5.74, 6) is -0.0496. The van der Waals surface area contributed by atoms with E-state index in [-0.39, 0.29) is 10.4 Å². The van der Waals surface area contributed by atoms with Crippen molar-refractivity contribution in [1.82, 2.24) is 5.32 Å². The molecule has 0 saturated carbocycles. The average molecular weight is 332 g/mol. The number of ether oxygens (including phenoxy) is 1. The molecule has 1 N–H and O–H groups in total. The number of benzene rings is 1. The maximum Gasteiger partial charge on any atom is 0.254 e. The molecule has 1 atom stereocenters. The Hall–Kier alpha value is -1.10. The minimum atomic E-state index is -0.577. The topological polar surface area (TPSA) is 38.3 Å². The molecule has 0 fully saturated rings. The van der Waals surface area contributed by atoms with Gasteiger partial charge in [-0.25, -0.2) is 4.39 Å². The fourth-order valence-corrected chi connectivity index (χ4v) is 2.61. The molecule has 0 aromatic heterocycles. The number of rotatable bonds is 6. The predicted molar refractivity (Wildman–Crippen MR) is 77.5 cm³/mol. The van der Waals surface area contributed by atoms with E-state index in [0.29, 0.717) is 18.2 Å². The number of carbonyl (C=O) groups is 1. The van der Waals surface area contributed by atoms with Crippen LogP contribution in [-0.2, 0) is 0 Å². The molecule has 0 saturated heterocycles. The van der Waals surface area contributed by atoms with Gasteiger partial charge in [-0.1, -0.05) is 29.8 Å². The number of carbonyl (C=O) groups excluding carboxylic acids is 1. The predicted octanol–water partition coefficient (Wildman–Crippen LogP) is 3.37. The van der Waals surface area contributed by atoms with Crippen molar-refractivity contribution in [3.05, 3.63) is 29.6 Å². The van der Waals surface area contributed by atoms with E-state index in [1.54, 1.807) is 6.07 Å². The van der Waals surface area contributed by atoms with Gasteiger partial charge in [0.15, 0.2) is 0 Å². The molecule has 0 aliphatic heterocycles. The van der Waals surface area contributed by atoms with Gasteiger partial charge < -0.3 is 10.1 Å². The Balaban J connectivity index is 2.58. The first-order valence-corrected chi connectivity index (χ1v) is 7.11. The molecule has 0 aliphatic rings. The highest BCUT2D eigenvalue weighted by molar-refractivity contribution is 9.09. The Morgan fingerprint density at radius 2 is 2.16 bits per heavy atom. The first-order valence-electron chi connectivity index (χ1n) is 6.19. The van der Waals surface area contributed by atoms with Crippen LogP contribution in [0.25, 0.3) is 0 Å². The summed E-state index contributed by atoms with van der Waals surface area (Å²) in [5, 5.41) is 2.72. The molecule has 106 valence electrons. The van der Waals surface area contributed by atoms with E-state index in [4.69, 9.17) is 4.74 Å². The summed E-state index contributed by atoms with van der Waals surface area (Å²) in [6.07, 6.45) is 0.950. The van der Waals surface area contributed by atoms with Crippen molar-refractivity contribution in [2.24, 2.45) is 5.92 Å². The van der Waals surface area contributed by atoms with Crippen LogP contribution in [0, 0.1) is 11.7 Å². The monoisotopic (exact) mass is 331 g/mol. The SMILES string of the molecule is COc1ccc(C(=O)NCC(Br)CC(C)C)c(F)c1. The second kappa shape index (κ2) is 7.48. The normalized spacial score (nSPS) is 12.3. The zero-order valence-corrected chi connectivity index (χ0v) is 13.0. The number of amides is 1. The fourth-order valence-electron chi connectivity index (χ4n) is 1.70. The summed E-state index contributed by atoms with van der Waals surface area (Å²) in [7, 11) is 1.45. The van der Waals surface area contributed by atoms with E-state index < -0.39 is 11.7 Å². The Labute approximate surface area is 121 Å². The van der Waals surface area contributed by atoms with E-state index in [0.717, 1.165) is 6.42 Å². The van der Waals surface area contributed by atoms with Crippen molar-refractivity contribution >= 4 is 21.8 Å². The van der Waals surface area contributed by atoms with E-state index in [2.05, 4.69) is 35.1 Å². The molecule has 0 spiro atoms. The number of hydrogen-bond donors (Lipinski definition) is 1. The first kappa shape index (κ1) is 16.0. The molecule has 1 aromatic rings. The second-order valence-electron chi connectivity index (χ2n) is 4.78. The minimum Gasteiger partial charge on any atom is -0.497 e. The van der Waals surface area contributed by atoms with Crippen molar-refractivity contribution in [1.29, 1.82) is 0 Å². The third kappa shape index (κ3) is 5.19. The Morgan fingerprint density at radius 3 is 2.68 bits per heavy atom. The summed E-state index contributed by atoms with van der Waals surface area (Å²) < 4.78 is 18.6. The number of alkyl halides is 1. The van der Waals surface area contributed by atoms with Gasteiger partial charge in [0.2, 0.25) is 0 Å². The molecule has 0 radical (unpaired) electrons. The van der Waals surface area contributed by atoms with Crippen molar-refractivity contribution in [3.8, 4) is 5.75 Å². The van der Waals surface area contributed by atoms with Gasteiger partial charge in [-0.2, -0.15) is 0 Å². The number of halogens is 2. The third-order valence-corrected chi connectivity index (χ3v) is 3.33. The van der Waals surface area contributed by atoms with Crippen molar-refractivity contribution in [2.45, 2.75) is 25.1 Å². The molecular formula is C14H19BrFNO2. The number of methoxy groups -OCH3 is 1. The second-order valence-corrected chi connectivity index (χ2v) is 6.08. The molecule has 0 bridgehead atoms. The smallest absolute Gasteiger partial charge is 0.254 e. The van der Waals surface area contributed by atoms with Gasteiger partial charge in [0.1, 0.15) is 11.6 Å². The molecule has 5 heteroatoms. The summed E-state index contributed by atoms with van der Waals surface area (Å²) in [6.45, 7) is 4.70. The van der Waals surface area contributed by atoms with Crippen LogP contribution in [0.5, 0.6) is 5.75 Å². The van der Waals surface area contributed by atoms with E-state index >= 15 is 0 Å². The highest BCUT2D eigenvalue weighted by Gasteiger charge is 2.14. The van der Waals surface area contributed by atoms with Crippen LogP contribution in [0.15, 0.2) is 18.2 Å². The number of hydrogen-bond acceptors (Lipinski definition) is 2. The molecule has 1 unspecified atom stereocenters. The summed E-state index contributed by atoms with van der Waals surface area (Å²) in [6, 6.07) is 4.20. The highest BCUT2D eigenvalue weighted by atomic mass is 79.9. The van der Waals surface area contributed by atoms with Crippen LogP contribution in [0.2, 0.25) is 0 Å². The van der Waals surface area contributed by atoms with Crippen LogP contribution in [0.4, 0.5) is 4.39 Å². The third-order valence-electron chi connectivity index (χ3n) is 2.63. The summed E-state index contributed by atoms with van der Waals surface area (Å²) in [5.41, 5.74) is 0.0325. The van der Waals surface area contributed by atoms with Gasteiger partial charge in [-0.3, -0.25) is 4.79 Å². The lowest BCUT2D eigenvalue weighted by atomic mass is 10.1. The van der Waals surface area contributed by atoms with Crippen LogP contribution in [0.3, 0.4) is 0 Å². The van der Waals surface area contributed by atoms with Crippen LogP contribution in [-0.4, -0.2) is 24.4 Å². The average Bonchev–Trinajstić information content (AvgIpc) is 2.35. The van der Waals surface area contributed by atoms with E-state index in [1.807, 2.05) is 0 Å². The molecule has 0 aliphatic carbocycles. The van der Waals surface area contributed by atoms with Gasteiger partial charge in [0.05, 0.1) is 12.7 Å². The number of nitrogens with one attached hydrogen (secondary N) is 1. The lowest BCUT2D eigenvalue weighted by Crippen LogP contribution is -2.30. The highest BCUT2D eigenvalue weighted by Crippen LogP contribution is 2.16. The standard InChI is InChI=1S/C14H19BrFNO2/c1-9(2)6-10(15)8-17-14(18)12-5-4-11(19-3)7-13(12)16/h4-5,7,9-10H,6,8H2,1-3H3,(H,17,18). The van der Waals surface area contributed by atoms with E-state index in [1.165, 1.54) is 19.2 Å². The lowest BCUT2D eigenvalue weighted by Gasteiger charge is -2.13. The molecule has 3 nitrogen and oxygen atoms in total. The molecule has 19 heavy (non-hydrogen) atoms. The molecular weight excluding hydrogens is 313 g/mol. The zero-order valence-electron chi connectivity index (χ0n) is 11.4. The van der Waals surface area contributed by atoms with Crippen molar-refractivity contribution < 1.29 is 13.9 Å². The fraction of sp³-hybridized carbons (Fsp3) is 0.500. The van der Waals surface area contributed by atoms with Gasteiger partial charge in [0, 0.05) is 17.4 Å². The lowest BCUT2D eigenvalue weighted by molar-refractivity contribution is 0.0949. The first-order chi connectivity index (χ1) is 8.93. The quantitative estimate of drug-likeness (QED) is 0.811. The Morgan fingerprint density at radius 1 is 1.47 bits per heavy atom. The largest absolute Gasteiger partial charge is 0.497 e. The zero-order chi connectivity index (χ0) is 14.4. The maximum absolute atomic E-state index is 13.7. The van der Waals surface area contributed by atoms with Gasteiger partial charge >= 0.3 is 0 Å². The molecule has 0 heterocycles. The Bertz CT molecular complexity index is 437. The summed E-state index contributed by atoms with van der Waals surface area (Å²) >= 11 is 3.49. The van der Waals surface area contributed by atoms with Crippen LogP contribution in [0.1, 0.15) is 30.6 Å². The van der Waals surface area contributed by atoms with Gasteiger partial charge in [-0.15, -0.1) is 0 Å².